The molecule has 0 aliphatic rings. The minimum absolute atomic E-state index is 0.0354. The van der Waals surface area contributed by atoms with E-state index in [1.165, 1.54) is 11.3 Å². The second-order valence-corrected chi connectivity index (χ2v) is 4.88. The zero-order valence-corrected chi connectivity index (χ0v) is 11.5. The van der Waals surface area contributed by atoms with Crippen LogP contribution in [-0.4, -0.2) is 28.5 Å². The molecule has 5 nitrogen and oxygen atoms in total. The molecule has 104 valence electrons. The van der Waals surface area contributed by atoms with E-state index in [0.29, 0.717) is 18.7 Å². The van der Waals surface area contributed by atoms with Gasteiger partial charge < -0.3 is 10.0 Å². The van der Waals surface area contributed by atoms with Crippen molar-refractivity contribution in [1.82, 2.24) is 4.98 Å². The van der Waals surface area contributed by atoms with Crippen LogP contribution < -0.4 is 4.90 Å². The van der Waals surface area contributed by atoms with Crippen molar-refractivity contribution < 1.29 is 14.7 Å². The number of anilines is 1. The van der Waals surface area contributed by atoms with E-state index in [1.54, 1.807) is 15.8 Å². The smallest absolute Gasteiger partial charge is 0.303 e. The number of carboxylic acids is 1. The summed E-state index contributed by atoms with van der Waals surface area (Å²) >= 11 is 1.36. The van der Waals surface area contributed by atoms with Gasteiger partial charge in [-0.2, -0.15) is 0 Å². The predicted octanol–water partition coefficient (Wildman–Crippen LogP) is 2.65. The van der Waals surface area contributed by atoms with Crippen molar-refractivity contribution in [2.45, 2.75) is 12.8 Å². The molecule has 2 aromatic rings. The van der Waals surface area contributed by atoms with Crippen molar-refractivity contribution in [1.29, 1.82) is 0 Å². The lowest BCUT2D eigenvalue weighted by Gasteiger charge is -2.21. The van der Waals surface area contributed by atoms with Crippen LogP contribution in [0.15, 0.2) is 41.2 Å². The van der Waals surface area contributed by atoms with Crippen LogP contribution in [0.3, 0.4) is 0 Å². The molecule has 2 rings (SSSR count). The number of hydrogen-bond acceptors (Lipinski definition) is 4. The van der Waals surface area contributed by atoms with Crippen molar-refractivity contribution in [3.8, 4) is 0 Å². The third-order valence-electron chi connectivity index (χ3n) is 2.74. The minimum Gasteiger partial charge on any atom is -0.481 e. The Balaban J connectivity index is 2.16. The first kappa shape index (κ1) is 14.2. The van der Waals surface area contributed by atoms with Gasteiger partial charge in [0, 0.05) is 24.0 Å². The van der Waals surface area contributed by atoms with Crippen molar-refractivity contribution in [3.05, 3.63) is 46.9 Å². The molecule has 0 radical (unpaired) electrons. The fraction of sp³-hybridized carbons (Fsp3) is 0.214. The number of nitrogens with zero attached hydrogens (tertiary/aromatic N) is 2. The fourth-order valence-electron chi connectivity index (χ4n) is 1.80. The number of hydrogen-bond donors (Lipinski definition) is 1. The fourth-order valence-corrected chi connectivity index (χ4v) is 2.33. The van der Waals surface area contributed by atoms with Gasteiger partial charge in [-0.3, -0.25) is 9.59 Å². The third kappa shape index (κ3) is 3.64. The van der Waals surface area contributed by atoms with E-state index in [-0.39, 0.29) is 12.3 Å². The number of carbonyl (C=O) groups excluding carboxylic acids is 1. The van der Waals surface area contributed by atoms with E-state index in [4.69, 9.17) is 5.11 Å². The summed E-state index contributed by atoms with van der Waals surface area (Å²) in [5.74, 6) is -1.07. The van der Waals surface area contributed by atoms with E-state index >= 15 is 0 Å². The van der Waals surface area contributed by atoms with Crippen LogP contribution in [0.2, 0.25) is 0 Å². The highest BCUT2D eigenvalue weighted by Gasteiger charge is 2.19. The Morgan fingerprint density at radius 3 is 2.60 bits per heavy atom. The third-order valence-corrected chi connectivity index (χ3v) is 3.32. The van der Waals surface area contributed by atoms with Gasteiger partial charge in [-0.1, -0.05) is 18.2 Å². The van der Waals surface area contributed by atoms with Gasteiger partial charge in [-0.25, -0.2) is 4.98 Å². The van der Waals surface area contributed by atoms with Crippen molar-refractivity contribution in [2.24, 2.45) is 0 Å². The van der Waals surface area contributed by atoms with Crippen LogP contribution in [-0.2, 0) is 4.79 Å². The average Bonchev–Trinajstić information content (AvgIpc) is 2.98. The Morgan fingerprint density at radius 2 is 2.00 bits per heavy atom. The van der Waals surface area contributed by atoms with Gasteiger partial charge >= 0.3 is 5.97 Å². The summed E-state index contributed by atoms with van der Waals surface area (Å²) in [5.41, 5.74) is 2.73. The molecule has 1 amide bonds. The van der Waals surface area contributed by atoms with E-state index in [1.807, 2.05) is 30.3 Å². The first-order valence-electron chi connectivity index (χ1n) is 6.15. The number of carbonyl (C=O) groups is 2. The SMILES string of the molecule is O=C(O)CCCN(C(=O)c1cscn1)c1ccccc1. The molecule has 0 saturated heterocycles. The number of benzene rings is 1. The summed E-state index contributed by atoms with van der Waals surface area (Å²) in [4.78, 5) is 28.6. The van der Waals surface area contributed by atoms with Gasteiger partial charge in [0.1, 0.15) is 5.69 Å². The van der Waals surface area contributed by atoms with Crippen molar-refractivity contribution >= 4 is 28.9 Å². The minimum atomic E-state index is -0.862. The molecule has 0 aliphatic carbocycles. The molecule has 1 heterocycles. The molecular weight excluding hydrogens is 276 g/mol. The number of para-hydroxylation sites is 1. The maximum Gasteiger partial charge on any atom is 0.303 e. The standard InChI is InChI=1S/C14H14N2O3S/c17-13(18)7-4-8-16(11-5-2-1-3-6-11)14(19)12-9-20-10-15-12/h1-3,5-6,9-10H,4,7-8H2,(H,17,18). The Kier molecular flexibility index (Phi) is 4.84. The number of thiazole rings is 1. The highest BCUT2D eigenvalue weighted by atomic mass is 32.1. The van der Waals surface area contributed by atoms with Gasteiger partial charge in [0.25, 0.3) is 5.91 Å². The highest BCUT2D eigenvalue weighted by Crippen LogP contribution is 2.17. The van der Waals surface area contributed by atoms with Crippen LogP contribution in [0.4, 0.5) is 5.69 Å². The lowest BCUT2D eigenvalue weighted by atomic mass is 10.2. The van der Waals surface area contributed by atoms with Crippen LogP contribution in [0.1, 0.15) is 23.3 Å². The molecule has 0 bridgehead atoms. The first-order valence-corrected chi connectivity index (χ1v) is 7.09. The summed E-state index contributed by atoms with van der Waals surface area (Å²) in [6.45, 7) is 0.354. The van der Waals surface area contributed by atoms with Crippen LogP contribution in [0, 0.1) is 0 Å². The predicted molar refractivity (Wildman–Crippen MR) is 77.1 cm³/mol. The lowest BCUT2D eigenvalue weighted by molar-refractivity contribution is -0.137. The quantitative estimate of drug-likeness (QED) is 0.888. The summed E-state index contributed by atoms with van der Waals surface area (Å²) in [5, 5.41) is 10.4. The summed E-state index contributed by atoms with van der Waals surface area (Å²) in [6.07, 6.45) is 0.438. The number of amides is 1. The molecule has 0 unspecified atom stereocenters. The van der Waals surface area contributed by atoms with E-state index < -0.39 is 5.97 Å². The van der Waals surface area contributed by atoms with Gasteiger partial charge in [0.2, 0.25) is 0 Å². The normalized spacial score (nSPS) is 10.2. The topological polar surface area (TPSA) is 70.5 Å². The van der Waals surface area contributed by atoms with Gasteiger partial charge in [-0.05, 0) is 18.6 Å². The molecule has 0 aliphatic heterocycles. The van der Waals surface area contributed by atoms with Crippen LogP contribution >= 0.6 is 11.3 Å². The van der Waals surface area contributed by atoms with Crippen LogP contribution in [0.25, 0.3) is 0 Å². The second kappa shape index (κ2) is 6.81. The Bertz CT molecular complexity index is 569. The Hall–Kier alpha value is -2.21. The maximum atomic E-state index is 12.4. The Morgan fingerprint density at radius 1 is 1.25 bits per heavy atom. The molecule has 0 spiro atoms. The lowest BCUT2D eigenvalue weighted by Crippen LogP contribution is -2.32. The van der Waals surface area contributed by atoms with Crippen molar-refractivity contribution in [3.63, 3.8) is 0 Å². The summed E-state index contributed by atoms with van der Waals surface area (Å²) in [7, 11) is 0. The molecule has 0 fully saturated rings. The highest BCUT2D eigenvalue weighted by molar-refractivity contribution is 7.07. The monoisotopic (exact) mass is 290 g/mol. The number of carboxylic acid groups (broad SMARTS) is 1. The van der Waals surface area contributed by atoms with E-state index in [2.05, 4.69) is 4.98 Å². The largest absolute Gasteiger partial charge is 0.481 e. The molecule has 6 heteroatoms. The number of aliphatic carboxylic acids is 1. The zero-order chi connectivity index (χ0) is 14.4. The molecule has 20 heavy (non-hydrogen) atoms. The van der Waals surface area contributed by atoms with Gasteiger partial charge in [0.05, 0.1) is 5.51 Å². The molecule has 1 N–H and O–H groups in total. The maximum absolute atomic E-state index is 12.4. The molecule has 1 aromatic heterocycles. The number of aromatic nitrogens is 1. The van der Waals surface area contributed by atoms with E-state index in [9.17, 15) is 9.59 Å². The average molecular weight is 290 g/mol. The molecule has 0 atom stereocenters. The van der Waals surface area contributed by atoms with Crippen molar-refractivity contribution in [2.75, 3.05) is 11.4 Å². The zero-order valence-electron chi connectivity index (χ0n) is 10.7. The van der Waals surface area contributed by atoms with Gasteiger partial charge in [-0.15, -0.1) is 11.3 Å². The van der Waals surface area contributed by atoms with E-state index in [0.717, 1.165) is 5.69 Å². The molecular formula is C14H14N2O3S. The summed E-state index contributed by atoms with van der Waals surface area (Å²) < 4.78 is 0. The molecule has 0 saturated carbocycles. The second-order valence-electron chi connectivity index (χ2n) is 4.16. The molecule has 1 aromatic carbocycles. The Labute approximate surface area is 120 Å². The first-order chi connectivity index (χ1) is 9.68. The van der Waals surface area contributed by atoms with Crippen LogP contribution in [0.5, 0.6) is 0 Å². The number of rotatable bonds is 6. The van der Waals surface area contributed by atoms with Gasteiger partial charge in [0.15, 0.2) is 0 Å². The summed E-state index contributed by atoms with van der Waals surface area (Å²) in [6, 6.07) is 9.20.